The molecular formula is C25H30O4. The van der Waals surface area contributed by atoms with E-state index in [1.54, 1.807) is 0 Å². The zero-order chi connectivity index (χ0) is 21.2. The van der Waals surface area contributed by atoms with Crippen LogP contribution >= 0.6 is 0 Å². The fraction of sp³-hybridized carbons (Fsp3) is 0.480. The molecule has 0 saturated carbocycles. The molecule has 0 aliphatic heterocycles. The van der Waals surface area contributed by atoms with E-state index in [9.17, 15) is 15.0 Å². The predicted molar refractivity (Wildman–Crippen MR) is 111 cm³/mol. The van der Waals surface area contributed by atoms with Crippen LogP contribution in [-0.2, 0) is 26.1 Å². The lowest BCUT2D eigenvalue weighted by molar-refractivity contribution is -0.168. The van der Waals surface area contributed by atoms with Crippen molar-refractivity contribution in [3.63, 3.8) is 0 Å². The highest BCUT2D eigenvalue weighted by Crippen LogP contribution is 2.60. The van der Waals surface area contributed by atoms with Crippen molar-refractivity contribution < 1.29 is 19.7 Å². The summed E-state index contributed by atoms with van der Waals surface area (Å²) in [6, 6.07) is 13.2. The van der Waals surface area contributed by atoms with E-state index >= 15 is 0 Å². The zero-order valence-electron chi connectivity index (χ0n) is 17.8. The first-order chi connectivity index (χ1) is 13.5. The van der Waals surface area contributed by atoms with E-state index in [1.807, 2.05) is 56.3 Å². The number of fused-ring (bicyclic) bond motifs is 1. The van der Waals surface area contributed by atoms with Crippen molar-refractivity contribution in [2.24, 2.45) is 11.8 Å². The first-order valence-electron chi connectivity index (χ1n) is 10.4. The number of esters is 1. The van der Waals surface area contributed by atoms with E-state index in [-0.39, 0.29) is 17.8 Å². The smallest absolute Gasteiger partial charge is 0.312 e. The number of hydrogen-bond donors (Lipinski definition) is 2. The monoisotopic (exact) mass is 394 g/mol. The molecule has 0 aromatic heterocycles. The molecule has 3 aliphatic carbocycles. The lowest BCUT2D eigenvalue weighted by Crippen LogP contribution is -2.57. The van der Waals surface area contributed by atoms with Crippen LogP contribution in [0.5, 0.6) is 0 Å². The summed E-state index contributed by atoms with van der Waals surface area (Å²) in [6.45, 7) is 10.6. The molecule has 3 unspecified atom stereocenters. The molecule has 0 fully saturated rings. The van der Waals surface area contributed by atoms with E-state index in [1.165, 1.54) is 0 Å². The van der Waals surface area contributed by atoms with Gasteiger partial charge in [-0.15, -0.1) is 0 Å². The molecule has 0 heterocycles. The standard InChI is InChI=1S/C25H30O4/c1-15(2)14-29-22(26)21-13-24(27)17-8-6-7-9-18(17)25(21,28)19-11-10-16(12-20(19)24)23(3,4)5/h6-12,15,21,27-28H,13-14H2,1-5H3. The van der Waals surface area contributed by atoms with Crippen molar-refractivity contribution in [3.8, 4) is 0 Å². The van der Waals surface area contributed by atoms with E-state index in [0.29, 0.717) is 28.9 Å². The molecule has 2 N–H and O–H groups in total. The first kappa shape index (κ1) is 20.1. The lowest BCUT2D eigenvalue weighted by atomic mass is 9.54. The van der Waals surface area contributed by atoms with Gasteiger partial charge in [0.05, 0.1) is 12.5 Å². The van der Waals surface area contributed by atoms with Crippen LogP contribution in [0.3, 0.4) is 0 Å². The third-order valence-corrected chi connectivity index (χ3v) is 6.37. The second kappa shape index (κ2) is 6.41. The minimum atomic E-state index is -1.51. The Labute approximate surface area is 172 Å². The fourth-order valence-corrected chi connectivity index (χ4v) is 4.79. The topological polar surface area (TPSA) is 66.8 Å². The summed E-state index contributed by atoms with van der Waals surface area (Å²) in [5, 5.41) is 23.9. The summed E-state index contributed by atoms with van der Waals surface area (Å²) in [5.74, 6) is -1.11. The molecule has 5 rings (SSSR count). The van der Waals surface area contributed by atoms with Gasteiger partial charge < -0.3 is 14.9 Å². The van der Waals surface area contributed by atoms with Gasteiger partial charge in [-0.05, 0) is 39.2 Å². The summed E-state index contributed by atoms with van der Waals surface area (Å²) in [5.41, 5.74) is 0.700. The third kappa shape index (κ3) is 2.84. The van der Waals surface area contributed by atoms with Gasteiger partial charge in [-0.2, -0.15) is 0 Å². The van der Waals surface area contributed by atoms with Crippen molar-refractivity contribution in [2.75, 3.05) is 6.61 Å². The van der Waals surface area contributed by atoms with E-state index < -0.39 is 23.1 Å². The average molecular weight is 395 g/mol. The second-order valence-electron chi connectivity index (χ2n) is 9.96. The van der Waals surface area contributed by atoms with E-state index in [2.05, 4.69) is 20.8 Å². The van der Waals surface area contributed by atoms with E-state index in [4.69, 9.17) is 4.74 Å². The van der Waals surface area contributed by atoms with Crippen molar-refractivity contribution in [1.29, 1.82) is 0 Å². The predicted octanol–water partition coefficient (Wildman–Crippen LogP) is 3.99. The maximum Gasteiger partial charge on any atom is 0.312 e. The number of carbonyl (C=O) groups is 1. The van der Waals surface area contributed by atoms with Crippen LogP contribution in [-0.4, -0.2) is 22.8 Å². The minimum absolute atomic E-state index is 0.0974. The van der Waals surface area contributed by atoms with Crippen molar-refractivity contribution in [2.45, 2.75) is 57.7 Å². The molecular weight excluding hydrogens is 364 g/mol. The number of benzene rings is 2. The number of hydrogen-bond acceptors (Lipinski definition) is 4. The molecule has 2 bridgehead atoms. The van der Waals surface area contributed by atoms with Crippen LogP contribution in [0, 0.1) is 11.8 Å². The number of rotatable bonds is 3. The van der Waals surface area contributed by atoms with Gasteiger partial charge in [-0.1, -0.05) is 77.1 Å². The molecule has 0 spiro atoms. The Balaban J connectivity index is 1.92. The van der Waals surface area contributed by atoms with Crippen LogP contribution in [0.25, 0.3) is 0 Å². The zero-order valence-corrected chi connectivity index (χ0v) is 17.8. The van der Waals surface area contributed by atoms with Crippen LogP contribution in [0.4, 0.5) is 0 Å². The lowest BCUT2D eigenvalue weighted by Gasteiger charge is -2.54. The van der Waals surface area contributed by atoms with Crippen LogP contribution in [0.1, 0.15) is 68.9 Å². The second-order valence-corrected chi connectivity index (χ2v) is 9.96. The fourth-order valence-electron chi connectivity index (χ4n) is 4.79. The highest BCUT2D eigenvalue weighted by molar-refractivity contribution is 5.79. The van der Waals surface area contributed by atoms with Gasteiger partial charge in [0.25, 0.3) is 0 Å². The summed E-state index contributed by atoms with van der Waals surface area (Å²) in [6.07, 6.45) is 0.109. The van der Waals surface area contributed by atoms with Crippen LogP contribution in [0.2, 0.25) is 0 Å². The molecule has 0 amide bonds. The highest BCUT2D eigenvalue weighted by atomic mass is 16.5. The Bertz CT molecular complexity index is 971. The number of aliphatic hydroxyl groups is 2. The molecule has 4 heteroatoms. The largest absolute Gasteiger partial charge is 0.465 e. The summed E-state index contributed by atoms with van der Waals surface area (Å²) >= 11 is 0. The molecule has 0 saturated heterocycles. The molecule has 29 heavy (non-hydrogen) atoms. The maximum absolute atomic E-state index is 13.0. The molecule has 3 atom stereocenters. The van der Waals surface area contributed by atoms with Gasteiger partial charge in [0, 0.05) is 6.42 Å². The first-order valence-corrected chi connectivity index (χ1v) is 10.4. The van der Waals surface area contributed by atoms with E-state index in [0.717, 1.165) is 5.56 Å². The molecule has 154 valence electrons. The Kier molecular flexibility index (Phi) is 4.45. The Hall–Kier alpha value is -2.17. The summed E-state index contributed by atoms with van der Waals surface area (Å²) in [4.78, 5) is 13.0. The number of ether oxygens (including phenoxy) is 1. The average Bonchev–Trinajstić information content (AvgIpc) is 2.67. The quantitative estimate of drug-likeness (QED) is 0.773. The van der Waals surface area contributed by atoms with Gasteiger partial charge in [0.1, 0.15) is 11.2 Å². The van der Waals surface area contributed by atoms with Gasteiger partial charge >= 0.3 is 5.97 Å². The van der Waals surface area contributed by atoms with Crippen LogP contribution in [0.15, 0.2) is 42.5 Å². The van der Waals surface area contributed by atoms with Gasteiger partial charge in [-0.25, -0.2) is 0 Å². The van der Waals surface area contributed by atoms with Crippen LogP contribution < -0.4 is 0 Å². The normalized spacial score (nSPS) is 27.5. The third-order valence-electron chi connectivity index (χ3n) is 6.37. The Morgan fingerprint density at radius 3 is 2.31 bits per heavy atom. The summed E-state index contributed by atoms with van der Waals surface area (Å²) in [7, 11) is 0. The van der Waals surface area contributed by atoms with Gasteiger partial charge in [-0.3, -0.25) is 4.79 Å². The molecule has 2 aromatic rings. The van der Waals surface area contributed by atoms with Crippen molar-refractivity contribution in [3.05, 3.63) is 70.3 Å². The maximum atomic E-state index is 13.0. The summed E-state index contributed by atoms with van der Waals surface area (Å²) < 4.78 is 5.50. The molecule has 3 aliphatic rings. The Morgan fingerprint density at radius 2 is 1.69 bits per heavy atom. The SMILES string of the molecule is CC(C)COC(=O)C1CC2(O)c3ccccc3C1(O)c1ccc(C(C)(C)C)cc12. The molecule has 0 radical (unpaired) electrons. The molecule has 4 nitrogen and oxygen atoms in total. The Morgan fingerprint density at radius 1 is 1.07 bits per heavy atom. The molecule has 2 aromatic carbocycles. The highest BCUT2D eigenvalue weighted by Gasteiger charge is 2.62. The number of carbonyl (C=O) groups excluding carboxylic acids is 1. The van der Waals surface area contributed by atoms with Crippen molar-refractivity contribution >= 4 is 5.97 Å². The van der Waals surface area contributed by atoms with Gasteiger partial charge in [0.2, 0.25) is 0 Å². The van der Waals surface area contributed by atoms with Gasteiger partial charge in [0.15, 0.2) is 0 Å². The minimum Gasteiger partial charge on any atom is -0.465 e. The van der Waals surface area contributed by atoms with Crippen molar-refractivity contribution in [1.82, 2.24) is 0 Å².